The summed E-state index contributed by atoms with van der Waals surface area (Å²) in [5.41, 5.74) is 0.726. The Morgan fingerprint density at radius 1 is 1.29 bits per heavy atom. The Balaban J connectivity index is 2.00. The van der Waals surface area contributed by atoms with Crippen LogP contribution < -0.4 is 10.1 Å². The molecule has 1 amide bonds. The highest BCUT2D eigenvalue weighted by Gasteiger charge is 2.28. The summed E-state index contributed by atoms with van der Waals surface area (Å²) in [6, 6.07) is 6.06. The quantitative estimate of drug-likeness (QED) is 0.760. The van der Waals surface area contributed by atoms with Gasteiger partial charge in [-0.3, -0.25) is 4.79 Å². The first kappa shape index (κ1) is 18.9. The number of amides is 1. The van der Waals surface area contributed by atoms with Gasteiger partial charge in [-0.1, -0.05) is 17.7 Å². The van der Waals surface area contributed by atoms with E-state index >= 15 is 0 Å². The zero-order valence-corrected chi connectivity index (χ0v) is 15.4. The largest absolute Gasteiger partial charge is 0.487 e. The predicted octanol–water partition coefficient (Wildman–Crippen LogP) is 3.57. The van der Waals surface area contributed by atoms with Crippen molar-refractivity contribution in [3.63, 3.8) is 0 Å². The number of methoxy groups -OCH3 is 1. The summed E-state index contributed by atoms with van der Waals surface area (Å²) >= 11 is 6.22. The summed E-state index contributed by atoms with van der Waals surface area (Å²) in [7, 11) is 1.62. The number of carbonyl (C=O) groups excluding carboxylic acids is 1. The molecule has 0 bridgehead atoms. The second-order valence-corrected chi connectivity index (χ2v) is 6.65. The van der Waals surface area contributed by atoms with Gasteiger partial charge in [0.2, 0.25) is 5.91 Å². The normalized spacial score (nSPS) is 20.8. The Bertz CT molecular complexity index is 543. The lowest BCUT2D eigenvalue weighted by molar-refractivity contribution is -0.135. The highest BCUT2D eigenvalue weighted by atomic mass is 35.5. The van der Waals surface area contributed by atoms with E-state index in [9.17, 15) is 4.79 Å². The maximum Gasteiger partial charge on any atom is 0.242 e. The molecule has 1 aromatic carbocycles. The van der Waals surface area contributed by atoms with E-state index in [0.29, 0.717) is 36.1 Å². The maximum absolute atomic E-state index is 12.6. The van der Waals surface area contributed by atoms with Gasteiger partial charge in [-0.05, 0) is 45.2 Å². The minimum absolute atomic E-state index is 0.109. The number of nitrogens with one attached hydrogen (secondary N) is 1. The number of likely N-dealkylation sites (tertiary alicyclic amines) is 1. The summed E-state index contributed by atoms with van der Waals surface area (Å²) in [6.45, 7) is 5.35. The van der Waals surface area contributed by atoms with Gasteiger partial charge in [0.05, 0.1) is 23.9 Å². The number of para-hydroxylation sites is 1. The van der Waals surface area contributed by atoms with Crippen molar-refractivity contribution in [2.24, 2.45) is 0 Å². The summed E-state index contributed by atoms with van der Waals surface area (Å²) in [5, 5.41) is 3.69. The van der Waals surface area contributed by atoms with Crippen LogP contribution in [0.25, 0.3) is 0 Å². The highest BCUT2D eigenvalue weighted by Crippen LogP contribution is 2.33. The number of piperidine rings is 1. The van der Waals surface area contributed by atoms with E-state index in [-0.39, 0.29) is 12.5 Å². The van der Waals surface area contributed by atoms with Gasteiger partial charge < -0.3 is 19.7 Å². The van der Waals surface area contributed by atoms with E-state index in [2.05, 4.69) is 19.2 Å². The molecule has 1 N–H and O–H groups in total. The number of carbonyl (C=O) groups is 1. The van der Waals surface area contributed by atoms with Crippen LogP contribution in [0, 0.1) is 0 Å². The molecule has 1 aromatic rings. The number of halogens is 1. The molecule has 0 saturated carbocycles. The van der Waals surface area contributed by atoms with Crippen molar-refractivity contribution in [2.75, 3.05) is 32.2 Å². The molecule has 1 saturated heterocycles. The third-order valence-corrected chi connectivity index (χ3v) is 4.71. The Morgan fingerprint density at radius 3 is 2.67 bits per heavy atom. The van der Waals surface area contributed by atoms with Crippen LogP contribution in [0.15, 0.2) is 18.2 Å². The van der Waals surface area contributed by atoms with Crippen LogP contribution in [-0.4, -0.2) is 49.8 Å². The molecular weight excluding hydrogens is 328 g/mol. The number of hydrogen-bond acceptors (Lipinski definition) is 4. The van der Waals surface area contributed by atoms with Crippen LogP contribution in [0.1, 0.15) is 33.1 Å². The molecule has 0 aliphatic carbocycles. The second-order valence-electron chi connectivity index (χ2n) is 6.24. The molecule has 1 aliphatic heterocycles. The Labute approximate surface area is 149 Å². The molecule has 134 valence electrons. The standard InChI is InChI=1S/C18H27ClN2O3/c1-13-6-4-7-14(2)21(13)17(22)12-20-16-9-5-8-15(19)18(16)24-11-10-23-3/h5,8-9,13-14,20H,4,6-7,10-12H2,1-3H3. The van der Waals surface area contributed by atoms with Crippen LogP contribution in [0.3, 0.4) is 0 Å². The molecule has 2 unspecified atom stereocenters. The molecule has 5 nitrogen and oxygen atoms in total. The molecule has 0 radical (unpaired) electrons. The first-order valence-electron chi connectivity index (χ1n) is 8.50. The van der Waals surface area contributed by atoms with E-state index in [1.807, 2.05) is 17.0 Å². The molecule has 2 atom stereocenters. The van der Waals surface area contributed by atoms with E-state index in [0.717, 1.165) is 18.5 Å². The smallest absolute Gasteiger partial charge is 0.242 e. The average Bonchev–Trinajstić information content (AvgIpc) is 2.55. The molecule has 2 rings (SSSR count). The van der Waals surface area contributed by atoms with Crippen LogP contribution in [0.5, 0.6) is 5.75 Å². The van der Waals surface area contributed by atoms with Crippen molar-refractivity contribution in [3.05, 3.63) is 23.2 Å². The fourth-order valence-corrected chi connectivity index (χ4v) is 3.43. The van der Waals surface area contributed by atoms with Gasteiger partial charge in [0, 0.05) is 19.2 Å². The molecule has 1 heterocycles. The first-order chi connectivity index (χ1) is 11.5. The van der Waals surface area contributed by atoms with Crippen molar-refractivity contribution in [2.45, 2.75) is 45.2 Å². The van der Waals surface area contributed by atoms with Gasteiger partial charge in [0.15, 0.2) is 5.75 Å². The lowest BCUT2D eigenvalue weighted by Gasteiger charge is -2.39. The molecule has 1 aliphatic rings. The highest BCUT2D eigenvalue weighted by molar-refractivity contribution is 6.32. The van der Waals surface area contributed by atoms with Crippen molar-refractivity contribution in [1.29, 1.82) is 0 Å². The predicted molar refractivity (Wildman–Crippen MR) is 96.9 cm³/mol. The summed E-state index contributed by atoms with van der Waals surface area (Å²) < 4.78 is 10.7. The minimum atomic E-state index is 0.109. The monoisotopic (exact) mass is 354 g/mol. The van der Waals surface area contributed by atoms with Crippen LogP contribution in [-0.2, 0) is 9.53 Å². The molecule has 24 heavy (non-hydrogen) atoms. The maximum atomic E-state index is 12.6. The number of nitrogens with zero attached hydrogens (tertiary/aromatic N) is 1. The molecule has 0 aromatic heterocycles. The zero-order valence-electron chi connectivity index (χ0n) is 14.7. The van der Waals surface area contributed by atoms with Crippen molar-refractivity contribution in [3.8, 4) is 5.75 Å². The number of ether oxygens (including phenoxy) is 2. The third kappa shape index (κ3) is 4.77. The average molecular weight is 355 g/mol. The second kappa shape index (κ2) is 9.14. The zero-order chi connectivity index (χ0) is 17.5. The van der Waals surface area contributed by atoms with Crippen LogP contribution in [0.4, 0.5) is 5.69 Å². The van der Waals surface area contributed by atoms with Crippen LogP contribution in [0.2, 0.25) is 5.02 Å². The summed E-state index contributed by atoms with van der Waals surface area (Å²) in [6.07, 6.45) is 3.32. The fraction of sp³-hybridized carbons (Fsp3) is 0.611. The topological polar surface area (TPSA) is 50.8 Å². The third-order valence-electron chi connectivity index (χ3n) is 4.41. The van der Waals surface area contributed by atoms with Crippen molar-refractivity contribution >= 4 is 23.2 Å². The van der Waals surface area contributed by atoms with E-state index < -0.39 is 0 Å². The van der Waals surface area contributed by atoms with Gasteiger partial charge in [0.25, 0.3) is 0 Å². The molecule has 0 spiro atoms. The lowest BCUT2D eigenvalue weighted by atomic mass is 9.97. The van der Waals surface area contributed by atoms with Crippen LogP contribution >= 0.6 is 11.6 Å². The number of benzene rings is 1. The number of hydrogen-bond donors (Lipinski definition) is 1. The Hall–Kier alpha value is -1.46. The number of rotatable bonds is 7. The van der Waals surface area contributed by atoms with Gasteiger partial charge in [-0.2, -0.15) is 0 Å². The fourth-order valence-electron chi connectivity index (χ4n) is 3.20. The molecular formula is C18H27ClN2O3. The lowest BCUT2D eigenvalue weighted by Crippen LogP contribution is -2.49. The van der Waals surface area contributed by atoms with Gasteiger partial charge in [-0.15, -0.1) is 0 Å². The first-order valence-corrected chi connectivity index (χ1v) is 8.87. The summed E-state index contributed by atoms with van der Waals surface area (Å²) in [5.74, 6) is 0.668. The Kier molecular flexibility index (Phi) is 7.18. The SMILES string of the molecule is COCCOc1c(Cl)cccc1NCC(=O)N1C(C)CCCC1C. The molecule has 6 heteroatoms. The summed E-state index contributed by atoms with van der Waals surface area (Å²) in [4.78, 5) is 14.6. The van der Waals surface area contributed by atoms with Crippen molar-refractivity contribution in [1.82, 2.24) is 4.90 Å². The number of anilines is 1. The minimum Gasteiger partial charge on any atom is -0.487 e. The van der Waals surface area contributed by atoms with Crippen molar-refractivity contribution < 1.29 is 14.3 Å². The van der Waals surface area contributed by atoms with E-state index in [1.54, 1.807) is 13.2 Å². The molecule has 1 fully saturated rings. The Morgan fingerprint density at radius 2 is 2.00 bits per heavy atom. The van der Waals surface area contributed by atoms with Gasteiger partial charge in [0.1, 0.15) is 6.61 Å². The van der Waals surface area contributed by atoms with E-state index in [1.165, 1.54) is 6.42 Å². The van der Waals surface area contributed by atoms with E-state index in [4.69, 9.17) is 21.1 Å². The van der Waals surface area contributed by atoms with Gasteiger partial charge >= 0.3 is 0 Å². The van der Waals surface area contributed by atoms with Gasteiger partial charge in [-0.25, -0.2) is 0 Å².